The first-order valence-electron chi connectivity index (χ1n) is 6.37. The first-order valence-corrected chi connectivity index (χ1v) is 6.37. The van der Waals surface area contributed by atoms with Gasteiger partial charge in [-0.3, -0.25) is 4.79 Å². The molecule has 7 heteroatoms. The predicted molar refractivity (Wildman–Crippen MR) is 72.2 cm³/mol. The number of nitrogens with zero attached hydrogens (tertiary/aromatic N) is 1. The Hall–Kier alpha value is -1.73. The van der Waals surface area contributed by atoms with Crippen LogP contribution in [0.15, 0.2) is 24.3 Å². The minimum atomic E-state index is -2.84. The summed E-state index contributed by atoms with van der Waals surface area (Å²) in [6, 6.07) is 6.14. The van der Waals surface area contributed by atoms with Gasteiger partial charge < -0.3 is 19.1 Å². The van der Waals surface area contributed by atoms with Crippen LogP contribution in [-0.4, -0.2) is 51.4 Å². The zero-order valence-corrected chi connectivity index (χ0v) is 12.1. The molecule has 0 spiro atoms. The molecule has 1 rings (SSSR count). The van der Waals surface area contributed by atoms with E-state index in [1.807, 2.05) is 0 Å². The standard InChI is InChI=1S/C14H19F2NO4/c1-17(13(18)10-20-8-7-19-2)9-11-3-5-12(6-4-11)21-14(15)16/h3-6,14H,7-10H2,1-2H3. The van der Waals surface area contributed by atoms with Gasteiger partial charge in [0.1, 0.15) is 12.4 Å². The maximum absolute atomic E-state index is 12.0. The van der Waals surface area contributed by atoms with Crippen LogP contribution in [0.2, 0.25) is 0 Å². The molecule has 0 saturated heterocycles. The van der Waals surface area contributed by atoms with Gasteiger partial charge in [-0.2, -0.15) is 8.78 Å². The van der Waals surface area contributed by atoms with Gasteiger partial charge in [0.05, 0.1) is 13.2 Å². The quantitative estimate of drug-likeness (QED) is 0.654. The molecule has 0 saturated carbocycles. The molecule has 0 aromatic heterocycles. The summed E-state index contributed by atoms with van der Waals surface area (Å²) in [5, 5.41) is 0. The van der Waals surface area contributed by atoms with E-state index in [4.69, 9.17) is 9.47 Å². The second-order valence-electron chi connectivity index (χ2n) is 4.32. The summed E-state index contributed by atoms with van der Waals surface area (Å²) >= 11 is 0. The molecule has 1 aromatic carbocycles. The third kappa shape index (κ3) is 7.01. The number of methoxy groups -OCH3 is 1. The summed E-state index contributed by atoms with van der Waals surface area (Å²) in [7, 11) is 3.20. The van der Waals surface area contributed by atoms with Gasteiger partial charge in [-0.1, -0.05) is 12.1 Å². The molecule has 0 unspecified atom stereocenters. The van der Waals surface area contributed by atoms with Gasteiger partial charge in [-0.15, -0.1) is 0 Å². The molecule has 0 aliphatic heterocycles. The summed E-state index contributed by atoms with van der Waals surface area (Å²) in [5.74, 6) is -0.0790. The molecule has 0 heterocycles. The van der Waals surface area contributed by atoms with Crippen molar-refractivity contribution in [3.8, 4) is 5.75 Å². The molecule has 21 heavy (non-hydrogen) atoms. The molecule has 0 bridgehead atoms. The molecule has 0 N–H and O–H groups in total. The molecule has 5 nitrogen and oxygen atoms in total. The number of ether oxygens (including phenoxy) is 3. The number of rotatable bonds is 9. The van der Waals surface area contributed by atoms with Crippen molar-refractivity contribution in [1.82, 2.24) is 4.90 Å². The molecule has 0 atom stereocenters. The second-order valence-corrected chi connectivity index (χ2v) is 4.32. The minimum absolute atomic E-state index is 0.0214. The zero-order valence-electron chi connectivity index (χ0n) is 12.1. The third-order valence-electron chi connectivity index (χ3n) is 2.65. The maximum atomic E-state index is 12.0. The van der Waals surface area contributed by atoms with Crippen LogP contribution in [-0.2, 0) is 20.8 Å². The van der Waals surface area contributed by atoms with Crippen LogP contribution < -0.4 is 4.74 Å². The average Bonchev–Trinajstić information content (AvgIpc) is 2.45. The summed E-state index contributed by atoms with van der Waals surface area (Å²) < 4.78 is 38.2. The van der Waals surface area contributed by atoms with Crippen LogP contribution in [0.25, 0.3) is 0 Å². The second kappa shape index (κ2) is 9.25. The highest BCUT2D eigenvalue weighted by atomic mass is 19.3. The van der Waals surface area contributed by atoms with Crippen LogP contribution in [0.4, 0.5) is 8.78 Å². The van der Waals surface area contributed by atoms with E-state index in [0.717, 1.165) is 5.56 Å². The number of amides is 1. The van der Waals surface area contributed by atoms with Gasteiger partial charge in [0.25, 0.3) is 0 Å². The Morgan fingerprint density at radius 3 is 2.48 bits per heavy atom. The van der Waals surface area contributed by atoms with Crippen molar-refractivity contribution >= 4 is 5.91 Å². The maximum Gasteiger partial charge on any atom is 0.387 e. The molecule has 1 aromatic rings. The van der Waals surface area contributed by atoms with Gasteiger partial charge in [0.15, 0.2) is 0 Å². The molecule has 1 amide bonds. The Balaban J connectivity index is 2.39. The van der Waals surface area contributed by atoms with E-state index < -0.39 is 6.61 Å². The van der Waals surface area contributed by atoms with Crippen molar-refractivity contribution in [2.45, 2.75) is 13.2 Å². The van der Waals surface area contributed by atoms with Crippen molar-refractivity contribution in [2.75, 3.05) is 34.0 Å². The van der Waals surface area contributed by atoms with Crippen LogP contribution >= 0.6 is 0 Å². The highest BCUT2D eigenvalue weighted by Gasteiger charge is 2.10. The largest absolute Gasteiger partial charge is 0.435 e. The average molecular weight is 303 g/mol. The molecule has 0 aliphatic rings. The van der Waals surface area contributed by atoms with Gasteiger partial charge in [0, 0.05) is 20.7 Å². The van der Waals surface area contributed by atoms with Gasteiger partial charge in [-0.05, 0) is 17.7 Å². The first-order chi connectivity index (χ1) is 10.0. The number of carbonyl (C=O) groups is 1. The molecule has 118 valence electrons. The normalized spacial score (nSPS) is 10.7. The van der Waals surface area contributed by atoms with E-state index in [0.29, 0.717) is 19.8 Å². The Bertz CT molecular complexity index is 425. The van der Waals surface area contributed by atoms with Crippen LogP contribution in [0.5, 0.6) is 5.75 Å². The van der Waals surface area contributed by atoms with Gasteiger partial charge in [-0.25, -0.2) is 0 Å². The summed E-state index contributed by atoms with van der Waals surface area (Å²) in [4.78, 5) is 13.3. The smallest absolute Gasteiger partial charge is 0.387 e. The molecular formula is C14H19F2NO4. The summed E-state index contributed by atoms with van der Waals surface area (Å²) in [6.07, 6.45) is 0. The monoisotopic (exact) mass is 303 g/mol. The Morgan fingerprint density at radius 1 is 1.24 bits per heavy atom. The van der Waals surface area contributed by atoms with Crippen LogP contribution in [0, 0.1) is 0 Å². The SMILES string of the molecule is COCCOCC(=O)N(C)Cc1ccc(OC(F)F)cc1. The number of alkyl halides is 2. The van der Waals surface area contributed by atoms with E-state index in [-0.39, 0.29) is 18.3 Å². The predicted octanol–water partition coefficient (Wildman–Crippen LogP) is 1.91. The number of carbonyl (C=O) groups excluding carboxylic acids is 1. The Labute approximate surface area is 122 Å². The number of halogens is 2. The highest BCUT2D eigenvalue weighted by Crippen LogP contribution is 2.15. The zero-order chi connectivity index (χ0) is 15.7. The lowest BCUT2D eigenvalue weighted by Gasteiger charge is -2.17. The van der Waals surface area contributed by atoms with E-state index in [1.165, 1.54) is 17.0 Å². The van der Waals surface area contributed by atoms with Crippen molar-refractivity contribution in [2.24, 2.45) is 0 Å². The topological polar surface area (TPSA) is 48.0 Å². The fourth-order valence-electron chi connectivity index (χ4n) is 1.55. The van der Waals surface area contributed by atoms with Crippen molar-refractivity contribution < 1.29 is 27.8 Å². The van der Waals surface area contributed by atoms with E-state index in [1.54, 1.807) is 26.3 Å². The lowest BCUT2D eigenvalue weighted by molar-refractivity contribution is -0.135. The van der Waals surface area contributed by atoms with Gasteiger partial charge >= 0.3 is 6.61 Å². The summed E-state index contributed by atoms with van der Waals surface area (Å²) in [5.41, 5.74) is 0.810. The molecular weight excluding hydrogens is 284 g/mol. The van der Waals surface area contributed by atoms with Crippen LogP contribution in [0.3, 0.4) is 0 Å². The number of benzene rings is 1. The summed E-state index contributed by atoms with van der Waals surface area (Å²) in [6.45, 7) is -1.71. The van der Waals surface area contributed by atoms with Crippen molar-refractivity contribution in [1.29, 1.82) is 0 Å². The first kappa shape index (κ1) is 17.3. The third-order valence-corrected chi connectivity index (χ3v) is 2.65. The minimum Gasteiger partial charge on any atom is -0.435 e. The van der Waals surface area contributed by atoms with Crippen LogP contribution in [0.1, 0.15) is 5.56 Å². The van der Waals surface area contributed by atoms with Crippen molar-refractivity contribution in [3.05, 3.63) is 29.8 Å². The van der Waals surface area contributed by atoms with E-state index >= 15 is 0 Å². The molecule has 0 fully saturated rings. The lowest BCUT2D eigenvalue weighted by atomic mass is 10.2. The number of hydrogen-bond acceptors (Lipinski definition) is 4. The van der Waals surface area contributed by atoms with E-state index in [9.17, 15) is 13.6 Å². The van der Waals surface area contributed by atoms with Crippen molar-refractivity contribution in [3.63, 3.8) is 0 Å². The Morgan fingerprint density at radius 2 is 1.90 bits per heavy atom. The van der Waals surface area contributed by atoms with E-state index in [2.05, 4.69) is 4.74 Å². The Kier molecular flexibility index (Phi) is 7.63. The number of likely N-dealkylation sites (N-methyl/N-ethyl adjacent to an activating group) is 1. The molecule has 0 radical (unpaired) electrons. The fraction of sp³-hybridized carbons (Fsp3) is 0.500. The number of hydrogen-bond donors (Lipinski definition) is 0. The lowest BCUT2D eigenvalue weighted by Crippen LogP contribution is -2.30. The molecule has 0 aliphatic carbocycles. The fourth-order valence-corrected chi connectivity index (χ4v) is 1.55. The highest BCUT2D eigenvalue weighted by molar-refractivity contribution is 5.77. The van der Waals surface area contributed by atoms with Gasteiger partial charge in [0.2, 0.25) is 5.91 Å².